The molecule has 1 aliphatic heterocycles. The maximum Gasteiger partial charge on any atom is 0.127 e. The van der Waals surface area contributed by atoms with Crippen molar-refractivity contribution in [1.82, 2.24) is 9.88 Å². The predicted octanol–water partition coefficient (Wildman–Crippen LogP) is 3.20. The lowest BCUT2D eigenvalue weighted by molar-refractivity contribution is 0.323. The second kappa shape index (κ2) is 7.06. The van der Waals surface area contributed by atoms with Gasteiger partial charge in [-0.1, -0.05) is 30.3 Å². The number of aromatic nitrogens is 1. The fraction of sp³-hybridized carbons (Fsp3) is 0.333. The molecule has 0 bridgehead atoms. The molecule has 1 aromatic carbocycles. The maximum atomic E-state index is 9.03. The van der Waals surface area contributed by atoms with Gasteiger partial charge < -0.3 is 10.2 Å². The molecule has 1 unspecified atom stereocenters. The molecule has 0 spiro atoms. The Hall–Kier alpha value is -2.38. The van der Waals surface area contributed by atoms with Crippen LogP contribution in [0.25, 0.3) is 0 Å². The average Bonchev–Trinajstić information content (AvgIpc) is 3.08. The number of nitrogens with zero attached hydrogens (tertiary/aromatic N) is 3. The van der Waals surface area contributed by atoms with Crippen molar-refractivity contribution in [2.24, 2.45) is 0 Å². The normalized spacial score (nSPS) is 16.1. The van der Waals surface area contributed by atoms with Crippen LogP contribution in [0.2, 0.25) is 0 Å². The summed E-state index contributed by atoms with van der Waals surface area (Å²) in [6.45, 7) is 3.29. The SMILES string of the molecule is N#Cc1ccnc(NC(CN2CCCC2)c2ccccc2)c1. The molecule has 1 fully saturated rings. The smallest absolute Gasteiger partial charge is 0.127 e. The van der Waals surface area contributed by atoms with Crippen molar-refractivity contribution in [3.8, 4) is 6.07 Å². The second-order valence-electron chi connectivity index (χ2n) is 5.66. The molecule has 0 amide bonds. The summed E-state index contributed by atoms with van der Waals surface area (Å²) >= 11 is 0. The molecule has 1 atom stereocenters. The van der Waals surface area contributed by atoms with Gasteiger partial charge in [0.05, 0.1) is 17.7 Å². The summed E-state index contributed by atoms with van der Waals surface area (Å²) in [6, 6.07) is 16.3. The van der Waals surface area contributed by atoms with E-state index in [4.69, 9.17) is 5.26 Å². The topological polar surface area (TPSA) is 52.0 Å². The summed E-state index contributed by atoms with van der Waals surface area (Å²) in [4.78, 5) is 6.83. The van der Waals surface area contributed by atoms with E-state index in [9.17, 15) is 0 Å². The first-order valence-electron chi connectivity index (χ1n) is 7.75. The van der Waals surface area contributed by atoms with Crippen molar-refractivity contribution in [3.63, 3.8) is 0 Å². The number of pyridine rings is 1. The predicted molar refractivity (Wildman–Crippen MR) is 87.4 cm³/mol. The van der Waals surface area contributed by atoms with Gasteiger partial charge in [0.2, 0.25) is 0 Å². The van der Waals surface area contributed by atoms with Gasteiger partial charge in [-0.2, -0.15) is 5.26 Å². The van der Waals surface area contributed by atoms with Crippen molar-refractivity contribution >= 4 is 5.82 Å². The third-order valence-corrected chi connectivity index (χ3v) is 4.05. The molecule has 1 N–H and O–H groups in total. The van der Waals surface area contributed by atoms with E-state index in [-0.39, 0.29) is 6.04 Å². The summed E-state index contributed by atoms with van der Waals surface area (Å²) in [5.74, 6) is 0.757. The Labute approximate surface area is 131 Å². The molecule has 1 saturated heterocycles. The first-order chi connectivity index (χ1) is 10.8. The van der Waals surface area contributed by atoms with E-state index >= 15 is 0 Å². The van der Waals surface area contributed by atoms with Crippen LogP contribution in [0.4, 0.5) is 5.82 Å². The first kappa shape index (κ1) is 14.6. The Kier molecular flexibility index (Phi) is 4.67. The lowest BCUT2D eigenvalue weighted by Gasteiger charge is -2.25. The Morgan fingerprint density at radius 3 is 2.68 bits per heavy atom. The van der Waals surface area contributed by atoms with Gasteiger partial charge in [0.15, 0.2) is 0 Å². The van der Waals surface area contributed by atoms with E-state index < -0.39 is 0 Å². The maximum absolute atomic E-state index is 9.03. The molecule has 0 radical (unpaired) electrons. The number of hydrogen-bond acceptors (Lipinski definition) is 4. The Bertz CT molecular complexity index is 642. The molecule has 2 heterocycles. The molecule has 22 heavy (non-hydrogen) atoms. The van der Waals surface area contributed by atoms with E-state index in [2.05, 4.69) is 45.5 Å². The van der Waals surface area contributed by atoms with Gasteiger partial charge in [0.25, 0.3) is 0 Å². The van der Waals surface area contributed by atoms with Crippen LogP contribution in [0.3, 0.4) is 0 Å². The third kappa shape index (κ3) is 3.63. The zero-order valence-corrected chi connectivity index (χ0v) is 12.6. The average molecular weight is 292 g/mol. The minimum absolute atomic E-state index is 0.181. The molecular formula is C18H20N4. The van der Waals surface area contributed by atoms with Crippen molar-refractivity contribution in [3.05, 3.63) is 59.8 Å². The number of nitrogens with one attached hydrogen (secondary N) is 1. The van der Waals surface area contributed by atoms with Crippen LogP contribution in [0, 0.1) is 11.3 Å². The minimum Gasteiger partial charge on any atom is -0.362 e. The van der Waals surface area contributed by atoms with Gasteiger partial charge in [-0.25, -0.2) is 4.98 Å². The van der Waals surface area contributed by atoms with Crippen LogP contribution < -0.4 is 5.32 Å². The molecule has 0 aliphatic carbocycles. The van der Waals surface area contributed by atoms with Crippen LogP contribution in [0.5, 0.6) is 0 Å². The van der Waals surface area contributed by atoms with Gasteiger partial charge in [0, 0.05) is 12.7 Å². The minimum atomic E-state index is 0.181. The van der Waals surface area contributed by atoms with Crippen LogP contribution in [0.15, 0.2) is 48.7 Å². The largest absolute Gasteiger partial charge is 0.362 e. The summed E-state index contributed by atoms with van der Waals surface area (Å²) in [5.41, 5.74) is 1.88. The van der Waals surface area contributed by atoms with Crippen LogP contribution in [0.1, 0.15) is 30.0 Å². The van der Waals surface area contributed by atoms with Gasteiger partial charge in [0.1, 0.15) is 5.82 Å². The van der Waals surface area contributed by atoms with Crippen LogP contribution in [-0.2, 0) is 0 Å². The van der Waals surface area contributed by atoms with E-state index in [0.717, 1.165) is 25.5 Å². The van der Waals surface area contributed by atoms with E-state index in [0.29, 0.717) is 5.56 Å². The third-order valence-electron chi connectivity index (χ3n) is 4.05. The van der Waals surface area contributed by atoms with Gasteiger partial charge in [-0.15, -0.1) is 0 Å². The number of rotatable bonds is 5. The highest BCUT2D eigenvalue weighted by Gasteiger charge is 2.19. The number of anilines is 1. The fourth-order valence-electron chi connectivity index (χ4n) is 2.90. The molecular weight excluding hydrogens is 272 g/mol. The first-order valence-corrected chi connectivity index (χ1v) is 7.75. The van der Waals surface area contributed by atoms with Crippen LogP contribution in [-0.4, -0.2) is 29.5 Å². The van der Waals surface area contributed by atoms with Gasteiger partial charge in [-0.05, 0) is 43.6 Å². The Balaban J connectivity index is 1.79. The monoisotopic (exact) mass is 292 g/mol. The van der Waals surface area contributed by atoms with E-state index in [1.54, 1.807) is 18.3 Å². The quantitative estimate of drug-likeness (QED) is 0.919. The zero-order chi connectivity index (χ0) is 15.2. The molecule has 0 saturated carbocycles. The standard InChI is InChI=1S/C18H20N4/c19-13-15-8-9-20-18(12-15)21-17(14-22-10-4-5-11-22)16-6-2-1-3-7-16/h1-3,6-9,12,17H,4-5,10-11,14H2,(H,20,21). The molecule has 4 nitrogen and oxygen atoms in total. The molecule has 112 valence electrons. The summed E-state index contributed by atoms with van der Waals surface area (Å²) in [7, 11) is 0. The van der Waals surface area contributed by atoms with Crippen molar-refractivity contribution < 1.29 is 0 Å². The molecule has 2 aromatic rings. The highest BCUT2D eigenvalue weighted by Crippen LogP contribution is 2.22. The van der Waals surface area contributed by atoms with Crippen molar-refractivity contribution in [2.45, 2.75) is 18.9 Å². The highest BCUT2D eigenvalue weighted by molar-refractivity contribution is 5.44. The Morgan fingerprint density at radius 2 is 1.95 bits per heavy atom. The number of benzene rings is 1. The summed E-state index contributed by atoms with van der Waals surface area (Å²) in [6.07, 6.45) is 4.24. The highest BCUT2D eigenvalue weighted by atomic mass is 15.2. The molecule has 1 aromatic heterocycles. The summed E-state index contributed by atoms with van der Waals surface area (Å²) in [5, 5.41) is 12.5. The van der Waals surface area contributed by atoms with Crippen molar-refractivity contribution in [1.29, 1.82) is 5.26 Å². The number of likely N-dealkylation sites (tertiary alicyclic amines) is 1. The molecule has 1 aliphatic rings. The number of hydrogen-bond donors (Lipinski definition) is 1. The zero-order valence-electron chi connectivity index (χ0n) is 12.6. The molecule has 3 rings (SSSR count). The van der Waals surface area contributed by atoms with Crippen molar-refractivity contribution in [2.75, 3.05) is 25.0 Å². The fourth-order valence-corrected chi connectivity index (χ4v) is 2.90. The lowest BCUT2D eigenvalue weighted by Crippen LogP contribution is -2.29. The molecule has 4 heteroatoms. The lowest BCUT2D eigenvalue weighted by atomic mass is 10.1. The van der Waals surface area contributed by atoms with E-state index in [1.165, 1.54) is 18.4 Å². The van der Waals surface area contributed by atoms with Crippen LogP contribution >= 0.6 is 0 Å². The van der Waals surface area contributed by atoms with Gasteiger partial charge in [-0.3, -0.25) is 0 Å². The van der Waals surface area contributed by atoms with E-state index in [1.807, 2.05) is 6.07 Å². The van der Waals surface area contributed by atoms with Gasteiger partial charge >= 0.3 is 0 Å². The Morgan fingerprint density at radius 1 is 1.18 bits per heavy atom. The second-order valence-corrected chi connectivity index (χ2v) is 5.66. The summed E-state index contributed by atoms with van der Waals surface area (Å²) < 4.78 is 0. The number of nitriles is 1.